The Labute approximate surface area is 119 Å². The summed E-state index contributed by atoms with van der Waals surface area (Å²) in [5.74, 6) is 0. The molecule has 1 aliphatic carbocycles. The van der Waals surface area contributed by atoms with Gasteiger partial charge in [0.1, 0.15) is 0 Å². The van der Waals surface area contributed by atoms with Gasteiger partial charge in [-0.2, -0.15) is 5.10 Å². The van der Waals surface area contributed by atoms with Crippen LogP contribution < -0.4 is 5.73 Å². The Morgan fingerprint density at radius 3 is 2.50 bits per heavy atom. The first-order valence-corrected chi connectivity index (χ1v) is 7.16. The van der Waals surface area contributed by atoms with Crippen LogP contribution in [0.2, 0.25) is 0 Å². The van der Waals surface area contributed by atoms with Crippen LogP contribution in [0.3, 0.4) is 0 Å². The summed E-state index contributed by atoms with van der Waals surface area (Å²) in [6.07, 6.45) is 4.77. The Hall–Kier alpha value is -1.65. The molecule has 0 radical (unpaired) electrons. The summed E-state index contributed by atoms with van der Waals surface area (Å²) >= 11 is 0. The second kappa shape index (κ2) is 5.04. The molecule has 1 aliphatic rings. The molecule has 1 aromatic heterocycles. The van der Waals surface area contributed by atoms with Gasteiger partial charge in [0.15, 0.2) is 0 Å². The fraction of sp³-hybridized carbons (Fsp3) is 0.438. The number of aliphatic hydroxyl groups excluding tert-OH is 1. The van der Waals surface area contributed by atoms with Gasteiger partial charge in [-0.25, -0.2) is 0 Å². The lowest BCUT2D eigenvalue weighted by Gasteiger charge is -2.32. The summed E-state index contributed by atoms with van der Waals surface area (Å²) < 4.78 is 1.84. The van der Waals surface area contributed by atoms with E-state index in [0.29, 0.717) is 6.54 Å². The molecular formula is C16H21N3O. The third-order valence-corrected chi connectivity index (χ3v) is 4.48. The highest BCUT2D eigenvalue weighted by Crippen LogP contribution is 2.45. The second-order valence-electron chi connectivity index (χ2n) is 5.72. The maximum atomic E-state index is 10.8. The number of benzene rings is 1. The lowest BCUT2D eigenvalue weighted by molar-refractivity contribution is 0.0357. The van der Waals surface area contributed by atoms with Crippen molar-refractivity contribution in [1.29, 1.82) is 0 Å². The predicted octanol–water partition coefficient (Wildman–Crippen LogP) is 1.68. The first-order valence-electron chi connectivity index (χ1n) is 7.16. The van der Waals surface area contributed by atoms with Gasteiger partial charge in [0.25, 0.3) is 0 Å². The summed E-state index contributed by atoms with van der Waals surface area (Å²) in [6.45, 7) is 3.32. The molecule has 1 atom stereocenters. The van der Waals surface area contributed by atoms with Crippen molar-refractivity contribution in [1.82, 2.24) is 9.78 Å². The summed E-state index contributed by atoms with van der Waals surface area (Å²) in [5.41, 5.74) is 9.21. The molecule has 1 heterocycles. The van der Waals surface area contributed by atoms with E-state index in [4.69, 9.17) is 5.73 Å². The quantitative estimate of drug-likeness (QED) is 0.889. The third kappa shape index (κ3) is 2.05. The highest BCUT2D eigenvalue weighted by Gasteiger charge is 2.43. The van der Waals surface area contributed by atoms with Gasteiger partial charge in [0.2, 0.25) is 0 Å². The van der Waals surface area contributed by atoms with E-state index >= 15 is 0 Å². The van der Waals surface area contributed by atoms with Crippen LogP contribution in [-0.2, 0) is 19.4 Å². The number of rotatable bonds is 4. The Kier molecular flexibility index (Phi) is 3.36. The number of hydrogen-bond donors (Lipinski definition) is 2. The molecule has 20 heavy (non-hydrogen) atoms. The zero-order chi connectivity index (χ0) is 14.2. The van der Waals surface area contributed by atoms with Crippen LogP contribution in [0.15, 0.2) is 36.7 Å². The number of nitrogens with zero attached hydrogens (tertiary/aromatic N) is 2. The van der Waals surface area contributed by atoms with Crippen molar-refractivity contribution < 1.29 is 5.11 Å². The monoisotopic (exact) mass is 271 g/mol. The van der Waals surface area contributed by atoms with Crippen LogP contribution in [0.5, 0.6) is 0 Å². The molecule has 4 nitrogen and oxygen atoms in total. The van der Waals surface area contributed by atoms with E-state index in [1.54, 1.807) is 6.20 Å². The maximum absolute atomic E-state index is 10.8. The fourth-order valence-electron chi connectivity index (χ4n) is 3.22. The van der Waals surface area contributed by atoms with E-state index in [-0.39, 0.29) is 5.41 Å². The lowest BCUT2D eigenvalue weighted by Crippen LogP contribution is -2.37. The first kappa shape index (κ1) is 13.3. The normalized spacial score (nSPS) is 17.9. The van der Waals surface area contributed by atoms with E-state index in [1.807, 2.05) is 29.9 Å². The Morgan fingerprint density at radius 1 is 1.35 bits per heavy atom. The van der Waals surface area contributed by atoms with Crippen LogP contribution >= 0.6 is 0 Å². The minimum Gasteiger partial charge on any atom is -0.388 e. The Balaban J connectivity index is 1.91. The van der Waals surface area contributed by atoms with Crippen molar-refractivity contribution in [3.63, 3.8) is 0 Å². The third-order valence-electron chi connectivity index (χ3n) is 4.48. The van der Waals surface area contributed by atoms with Gasteiger partial charge in [-0.05, 0) is 30.9 Å². The number of aliphatic hydroxyl groups is 1. The molecule has 0 bridgehead atoms. The predicted molar refractivity (Wildman–Crippen MR) is 78.2 cm³/mol. The maximum Gasteiger partial charge on any atom is 0.0895 e. The number of aryl methyl sites for hydroxylation is 1. The molecule has 1 unspecified atom stereocenters. The average molecular weight is 271 g/mol. The minimum absolute atomic E-state index is 0.300. The molecule has 3 rings (SSSR count). The smallest absolute Gasteiger partial charge is 0.0895 e. The van der Waals surface area contributed by atoms with E-state index in [0.717, 1.165) is 24.9 Å². The minimum atomic E-state index is -0.569. The summed E-state index contributed by atoms with van der Waals surface area (Å²) in [7, 11) is 0. The molecule has 0 saturated carbocycles. The number of fused-ring (bicyclic) bond motifs is 1. The van der Waals surface area contributed by atoms with Crippen molar-refractivity contribution in [3.8, 4) is 0 Å². The highest BCUT2D eigenvalue weighted by atomic mass is 16.3. The molecule has 3 N–H and O–H groups in total. The molecular weight excluding hydrogens is 250 g/mol. The van der Waals surface area contributed by atoms with Crippen molar-refractivity contribution in [3.05, 3.63) is 53.3 Å². The molecule has 0 saturated heterocycles. The standard InChI is InChI=1S/C16H21N3O/c1-2-19-10-14(9-18-19)15(20)16(11-17)7-12-5-3-4-6-13(12)8-16/h3-6,9-10,15,20H,2,7-8,11,17H2,1H3. The van der Waals surface area contributed by atoms with E-state index < -0.39 is 6.10 Å². The molecule has 0 amide bonds. The molecule has 2 aromatic rings. The van der Waals surface area contributed by atoms with Gasteiger partial charge < -0.3 is 10.8 Å². The number of hydrogen-bond acceptors (Lipinski definition) is 3. The zero-order valence-electron chi connectivity index (χ0n) is 11.8. The van der Waals surface area contributed by atoms with E-state index in [2.05, 4.69) is 17.2 Å². The van der Waals surface area contributed by atoms with Crippen molar-refractivity contribution in [2.45, 2.75) is 32.4 Å². The van der Waals surface area contributed by atoms with Crippen LogP contribution in [0.1, 0.15) is 29.7 Å². The van der Waals surface area contributed by atoms with Gasteiger partial charge in [0.05, 0.1) is 12.3 Å². The average Bonchev–Trinajstić information content (AvgIpc) is 3.11. The van der Waals surface area contributed by atoms with Crippen molar-refractivity contribution >= 4 is 0 Å². The molecule has 1 aromatic carbocycles. The summed E-state index contributed by atoms with van der Waals surface area (Å²) in [6, 6.07) is 8.36. The molecule has 0 aliphatic heterocycles. The first-order chi connectivity index (χ1) is 9.68. The van der Waals surface area contributed by atoms with Crippen molar-refractivity contribution in [2.24, 2.45) is 11.1 Å². The second-order valence-corrected chi connectivity index (χ2v) is 5.72. The van der Waals surface area contributed by atoms with Gasteiger partial charge in [-0.15, -0.1) is 0 Å². The number of nitrogens with two attached hydrogens (primary N) is 1. The van der Waals surface area contributed by atoms with E-state index in [9.17, 15) is 5.11 Å². The zero-order valence-corrected chi connectivity index (χ0v) is 11.8. The summed E-state index contributed by atoms with van der Waals surface area (Å²) in [4.78, 5) is 0. The van der Waals surface area contributed by atoms with Crippen molar-refractivity contribution in [2.75, 3.05) is 6.54 Å². The molecule has 106 valence electrons. The molecule has 0 spiro atoms. The fourth-order valence-corrected chi connectivity index (χ4v) is 3.22. The highest BCUT2D eigenvalue weighted by molar-refractivity contribution is 5.36. The molecule has 4 heteroatoms. The largest absolute Gasteiger partial charge is 0.388 e. The Bertz CT molecular complexity index is 580. The summed E-state index contributed by atoms with van der Waals surface area (Å²) in [5, 5.41) is 15.1. The van der Waals surface area contributed by atoms with Gasteiger partial charge in [0, 0.05) is 30.3 Å². The van der Waals surface area contributed by atoms with E-state index in [1.165, 1.54) is 11.1 Å². The van der Waals surface area contributed by atoms with Crippen LogP contribution in [-0.4, -0.2) is 21.4 Å². The van der Waals surface area contributed by atoms with Gasteiger partial charge in [-0.3, -0.25) is 4.68 Å². The molecule has 0 fully saturated rings. The van der Waals surface area contributed by atoms with Crippen LogP contribution in [0.25, 0.3) is 0 Å². The van der Waals surface area contributed by atoms with Gasteiger partial charge in [-0.1, -0.05) is 24.3 Å². The topological polar surface area (TPSA) is 64.1 Å². The Morgan fingerprint density at radius 2 is 2.00 bits per heavy atom. The van der Waals surface area contributed by atoms with Crippen LogP contribution in [0, 0.1) is 5.41 Å². The lowest BCUT2D eigenvalue weighted by atomic mass is 9.77. The SMILES string of the molecule is CCn1cc(C(O)C2(CN)Cc3ccccc3C2)cn1. The number of aromatic nitrogens is 2. The van der Waals surface area contributed by atoms with Crippen LogP contribution in [0.4, 0.5) is 0 Å². The van der Waals surface area contributed by atoms with Gasteiger partial charge >= 0.3 is 0 Å².